The molecule has 1 fully saturated rings. The number of carbonyl (C=O) groups is 2. The number of thioether (sulfide) groups is 1. The Morgan fingerprint density at radius 1 is 1.07 bits per heavy atom. The van der Waals surface area contributed by atoms with E-state index in [0.29, 0.717) is 28.8 Å². The summed E-state index contributed by atoms with van der Waals surface area (Å²) in [5.74, 6) is 0.220. The van der Waals surface area contributed by atoms with Crippen LogP contribution < -0.4 is 29.4 Å². The van der Waals surface area contributed by atoms with E-state index in [0.717, 1.165) is 5.56 Å². The van der Waals surface area contributed by atoms with E-state index >= 15 is 0 Å². The molecular formula is C20H21NO7S. The molecule has 2 aromatic carbocycles. The Morgan fingerprint density at radius 2 is 1.76 bits per heavy atom. The molecule has 0 aliphatic carbocycles. The van der Waals surface area contributed by atoms with Gasteiger partial charge in [-0.05, 0) is 24.3 Å². The summed E-state index contributed by atoms with van der Waals surface area (Å²) in [6.07, 6.45) is 0. The molecule has 1 saturated heterocycles. The number of esters is 1. The lowest BCUT2D eigenvalue weighted by Crippen LogP contribution is -2.90. The van der Waals surface area contributed by atoms with Gasteiger partial charge in [-0.3, -0.25) is 0 Å². The monoisotopic (exact) mass is 419 g/mol. The summed E-state index contributed by atoms with van der Waals surface area (Å²) in [5.41, 5.74) is 1.10. The van der Waals surface area contributed by atoms with Gasteiger partial charge in [0, 0.05) is 5.56 Å². The van der Waals surface area contributed by atoms with Crippen LogP contribution in [0, 0.1) is 0 Å². The SMILES string of the molecule is COc1cc(C(=O)Oc2cccc([C@H]3[NH2+][C@@H](C(=O)[O-])CS3)c2)cc(OC)c1OC. The highest BCUT2D eigenvalue weighted by molar-refractivity contribution is 7.99. The molecule has 0 radical (unpaired) electrons. The molecule has 2 atom stereocenters. The van der Waals surface area contributed by atoms with E-state index in [9.17, 15) is 14.7 Å². The van der Waals surface area contributed by atoms with Gasteiger partial charge >= 0.3 is 5.97 Å². The lowest BCUT2D eigenvalue weighted by molar-refractivity contribution is -0.690. The first-order valence-corrected chi connectivity index (χ1v) is 9.81. The first-order valence-electron chi connectivity index (χ1n) is 8.76. The van der Waals surface area contributed by atoms with E-state index in [1.165, 1.54) is 45.2 Å². The van der Waals surface area contributed by atoms with Crippen molar-refractivity contribution in [3.63, 3.8) is 0 Å². The second kappa shape index (κ2) is 9.06. The number of ether oxygens (including phenoxy) is 4. The Balaban J connectivity index is 1.79. The molecule has 0 bridgehead atoms. The van der Waals surface area contributed by atoms with Crippen molar-refractivity contribution in [1.29, 1.82) is 0 Å². The minimum absolute atomic E-state index is 0.0993. The number of nitrogens with two attached hydrogens (primary N) is 1. The van der Waals surface area contributed by atoms with Crippen LogP contribution in [0.15, 0.2) is 36.4 Å². The Hall–Kier alpha value is -2.91. The van der Waals surface area contributed by atoms with Crippen LogP contribution in [0.3, 0.4) is 0 Å². The topological polar surface area (TPSA) is 111 Å². The molecule has 0 spiro atoms. The van der Waals surface area contributed by atoms with Crippen molar-refractivity contribution in [2.75, 3.05) is 27.1 Å². The van der Waals surface area contributed by atoms with Crippen molar-refractivity contribution in [3.05, 3.63) is 47.5 Å². The van der Waals surface area contributed by atoms with Crippen molar-refractivity contribution in [3.8, 4) is 23.0 Å². The van der Waals surface area contributed by atoms with Gasteiger partial charge in [0.2, 0.25) is 5.75 Å². The standard InChI is InChI=1S/C20H21NO7S/c1-25-15-8-12(9-16(26-2)17(15)27-3)20(24)28-13-6-4-5-11(7-13)18-21-14(10-29-18)19(22)23/h4-9,14,18,21H,10H2,1-3H3,(H,22,23)/t14-,18+/m1/s1. The summed E-state index contributed by atoms with van der Waals surface area (Å²) in [7, 11) is 4.41. The van der Waals surface area contributed by atoms with Gasteiger partial charge in [0.15, 0.2) is 16.9 Å². The molecule has 0 unspecified atom stereocenters. The van der Waals surface area contributed by atoms with E-state index in [1.54, 1.807) is 23.5 Å². The van der Waals surface area contributed by atoms with Crippen LogP contribution in [0.2, 0.25) is 0 Å². The number of carboxylic acids is 1. The molecule has 2 aromatic rings. The largest absolute Gasteiger partial charge is 0.544 e. The lowest BCUT2D eigenvalue weighted by atomic mass is 10.1. The van der Waals surface area contributed by atoms with Gasteiger partial charge in [0.25, 0.3) is 0 Å². The van der Waals surface area contributed by atoms with Gasteiger partial charge in [-0.25, -0.2) is 4.79 Å². The first-order chi connectivity index (χ1) is 14.0. The maximum atomic E-state index is 12.7. The first kappa shape index (κ1) is 20.8. The molecule has 2 N–H and O–H groups in total. The van der Waals surface area contributed by atoms with Crippen molar-refractivity contribution < 1.29 is 39.0 Å². The third-order valence-corrected chi connectivity index (χ3v) is 5.80. The molecule has 0 saturated carbocycles. The maximum absolute atomic E-state index is 12.7. The third kappa shape index (κ3) is 4.57. The molecule has 1 aliphatic heterocycles. The van der Waals surface area contributed by atoms with Crippen LogP contribution in [0.5, 0.6) is 23.0 Å². The van der Waals surface area contributed by atoms with Crippen LogP contribution in [0.25, 0.3) is 0 Å². The summed E-state index contributed by atoms with van der Waals surface area (Å²) < 4.78 is 21.3. The van der Waals surface area contributed by atoms with Crippen molar-refractivity contribution in [1.82, 2.24) is 0 Å². The average Bonchev–Trinajstić information content (AvgIpc) is 3.23. The van der Waals surface area contributed by atoms with Crippen molar-refractivity contribution in [2.24, 2.45) is 0 Å². The summed E-state index contributed by atoms with van der Waals surface area (Å²) in [4.78, 5) is 23.7. The number of carbonyl (C=O) groups excluding carboxylic acids is 2. The molecule has 1 heterocycles. The van der Waals surface area contributed by atoms with Gasteiger partial charge in [-0.2, -0.15) is 0 Å². The quantitative estimate of drug-likeness (QED) is 0.506. The molecule has 0 amide bonds. The number of aliphatic carboxylic acids is 1. The Bertz CT molecular complexity index is 892. The van der Waals surface area contributed by atoms with Crippen LogP contribution in [0.1, 0.15) is 21.3 Å². The van der Waals surface area contributed by atoms with E-state index in [4.69, 9.17) is 18.9 Å². The fraction of sp³-hybridized carbons (Fsp3) is 0.300. The van der Waals surface area contributed by atoms with Crippen LogP contribution in [-0.4, -0.2) is 45.1 Å². The molecule has 3 rings (SSSR count). The fourth-order valence-electron chi connectivity index (χ4n) is 3.00. The predicted molar refractivity (Wildman–Crippen MR) is 103 cm³/mol. The molecule has 8 nitrogen and oxygen atoms in total. The number of carboxylic acid groups (broad SMARTS) is 1. The van der Waals surface area contributed by atoms with Gasteiger partial charge in [0.1, 0.15) is 17.8 Å². The molecule has 1 aliphatic rings. The number of benzene rings is 2. The maximum Gasteiger partial charge on any atom is 0.343 e. The zero-order valence-corrected chi connectivity index (χ0v) is 17.0. The van der Waals surface area contributed by atoms with Gasteiger partial charge in [0.05, 0.1) is 32.6 Å². The lowest BCUT2D eigenvalue weighted by Gasteiger charge is -2.14. The van der Waals surface area contributed by atoms with E-state index in [-0.39, 0.29) is 10.9 Å². The van der Waals surface area contributed by atoms with Gasteiger partial charge < -0.3 is 34.2 Å². The second-order valence-electron chi connectivity index (χ2n) is 6.25. The van der Waals surface area contributed by atoms with Crippen LogP contribution in [0.4, 0.5) is 0 Å². The number of hydrogen-bond acceptors (Lipinski definition) is 8. The number of methoxy groups -OCH3 is 3. The number of hydrogen-bond donors (Lipinski definition) is 1. The van der Waals surface area contributed by atoms with Crippen molar-refractivity contribution >= 4 is 23.7 Å². The zero-order chi connectivity index (χ0) is 21.0. The minimum Gasteiger partial charge on any atom is -0.544 e. The van der Waals surface area contributed by atoms with E-state index in [2.05, 4.69) is 0 Å². The highest BCUT2D eigenvalue weighted by atomic mass is 32.2. The summed E-state index contributed by atoms with van der Waals surface area (Å²) in [6.45, 7) is 0. The summed E-state index contributed by atoms with van der Waals surface area (Å²) in [5, 5.41) is 12.7. The Morgan fingerprint density at radius 3 is 2.31 bits per heavy atom. The smallest absolute Gasteiger partial charge is 0.343 e. The number of rotatable bonds is 7. The minimum atomic E-state index is -1.08. The summed E-state index contributed by atoms with van der Waals surface area (Å²) >= 11 is 1.51. The fourth-order valence-corrected chi connectivity index (χ4v) is 4.31. The van der Waals surface area contributed by atoms with Crippen molar-refractivity contribution in [2.45, 2.75) is 11.4 Å². The van der Waals surface area contributed by atoms with Crippen LogP contribution >= 0.6 is 11.8 Å². The van der Waals surface area contributed by atoms with E-state index < -0.39 is 18.0 Å². The normalized spacial score (nSPS) is 18.2. The zero-order valence-electron chi connectivity index (χ0n) is 16.2. The Kier molecular flexibility index (Phi) is 6.50. The average molecular weight is 419 g/mol. The van der Waals surface area contributed by atoms with E-state index in [1.807, 2.05) is 6.07 Å². The second-order valence-corrected chi connectivity index (χ2v) is 7.42. The third-order valence-electron chi connectivity index (χ3n) is 4.46. The molecule has 154 valence electrons. The van der Waals surface area contributed by atoms with Gasteiger partial charge in [-0.15, -0.1) is 0 Å². The predicted octanol–water partition coefficient (Wildman–Crippen LogP) is 0.359. The number of quaternary nitrogens is 1. The molecule has 29 heavy (non-hydrogen) atoms. The summed E-state index contributed by atoms with van der Waals surface area (Å²) in [6, 6.07) is 9.44. The Labute approximate surface area is 172 Å². The molecule has 9 heteroatoms. The highest BCUT2D eigenvalue weighted by Crippen LogP contribution is 2.38. The molecular weight excluding hydrogens is 398 g/mol. The highest BCUT2D eigenvalue weighted by Gasteiger charge is 2.31. The molecule has 0 aromatic heterocycles. The van der Waals surface area contributed by atoms with Gasteiger partial charge in [-0.1, -0.05) is 23.9 Å². The van der Waals surface area contributed by atoms with Crippen LogP contribution in [-0.2, 0) is 4.79 Å².